The Morgan fingerprint density at radius 2 is 1.88 bits per heavy atom. The number of imidazole rings is 1. The number of carbonyl (C=O) groups excluding carboxylic acids is 1. The lowest BCUT2D eigenvalue weighted by molar-refractivity contribution is -0.120. The molecule has 4 rings (SSSR count). The van der Waals surface area contributed by atoms with Crippen LogP contribution in [0.2, 0.25) is 0 Å². The highest BCUT2D eigenvalue weighted by Gasteiger charge is 2.23. The Labute approximate surface area is 139 Å². The topological polar surface area (TPSA) is 77.8 Å². The van der Waals surface area contributed by atoms with Crippen molar-refractivity contribution in [3.63, 3.8) is 0 Å². The normalized spacial score (nSPS) is 14.0. The van der Waals surface area contributed by atoms with Crippen LogP contribution in [0.25, 0.3) is 11.0 Å². The van der Waals surface area contributed by atoms with Crippen molar-refractivity contribution in [3.8, 4) is 0 Å². The Morgan fingerprint density at radius 1 is 1.04 bits per heavy atom. The van der Waals surface area contributed by atoms with Gasteiger partial charge in [-0.2, -0.15) is 0 Å². The Bertz CT molecular complexity index is 950. The van der Waals surface area contributed by atoms with E-state index in [1.54, 1.807) is 0 Å². The monoisotopic (exact) mass is 321 g/mol. The predicted octanol–water partition coefficient (Wildman–Crippen LogP) is 2.59. The zero-order valence-corrected chi connectivity index (χ0v) is 13.3. The maximum atomic E-state index is 12.2. The van der Waals surface area contributed by atoms with Crippen LogP contribution in [0.5, 0.6) is 0 Å². The number of carbonyl (C=O) groups is 1. The van der Waals surface area contributed by atoms with Crippen LogP contribution in [-0.4, -0.2) is 15.9 Å². The Hall–Kier alpha value is -2.82. The van der Waals surface area contributed by atoms with Crippen LogP contribution in [0.3, 0.4) is 0 Å². The van der Waals surface area contributed by atoms with Gasteiger partial charge >= 0.3 is 5.69 Å². The zero-order chi connectivity index (χ0) is 16.5. The molecule has 2 aromatic carbocycles. The second-order valence-electron chi connectivity index (χ2n) is 6.43. The number of benzene rings is 2. The van der Waals surface area contributed by atoms with E-state index in [-0.39, 0.29) is 11.6 Å². The standard InChI is InChI=1S/C19H19N3O2/c23-18(10-12-2-1-3-15(8-12)14-5-6-14)20-11-13-4-7-16-17(9-13)22-19(24)21-16/h1-4,7-9,14H,5-6,10-11H2,(H,20,23)(H2,21,22,24). The number of amides is 1. The van der Waals surface area contributed by atoms with E-state index in [0.717, 1.165) is 22.2 Å². The molecular weight excluding hydrogens is 302 g/mol. The third-order valence-corrected chi connectivity index (χ3v) is 4.43. The molecule has 5 heteroatoms. The van der Waals surface area contributed by atoms with Crippen molar-refractivity contribution in [1.29, 1.82) is 0 Å². The average Bonchev–Trinajstić information content (AvgIpc) is 3.34. The largest absolute Gasteiger partial charge is 0.352 e. The maximum Gasteiger partial charge on any atom is 0.323 e. The van der Waals surface area contributed by atoms with Gasteiger partial charge in [0.2, 0.25) is 5.91 Å². The first kappa shape index (κ1) is 14.8. The minimum absolute atomic E-state index is 0.00519. The molecule has 3 aromatic rings. The highest BCUT2D eigenvalue weighted by atomic mass is 16.1. The van der Waals surface area contributed by atoms with Crippen molar-refractivity contribution in [1.82, 2.24) is 15.3 Å². The fourth-order valence-corrected chi connectivity index (χ4v) is 3.01. The van der Waals surface area contributed by atoms with E-state index in [1.807, 2.05) is 30.3 Å². The Morgan fingerprint density at radius 3 is 2.71 bits per heavy atom. The molecule has 0 saturated heterocycles. The molecule has 1 aromatic heterocycles. The second kappa shape index (κ2) is 6.00. The van der Waals surface area contributed by atoms with Crippen LogP contribution < -0.4 is 11.0 Å². The summed E-state index contributed by atoms with van der Waals surface area (Å²) >= 11 is 0. The van der Waals surface area contributed by atoms with Gasteiger partial charge in [0.05, 0.1) is 17.5 Å². The molecule has 0 aliphatic heterocycles. The number of aromatic nitrogens is 2. The first-order valence-electron chi connectivity index (χ1n) is 8.24. The van der Waals surface area contributed by atoms with E-state index in [9.17, 15) is 9.59 Å². The molecular formula is C19H19N3O2. The summed E-state index contributed by atoms with van der Waals surface area (Å²) in [6, 6.07) is 13.9. The molecule has 24 heavy (non-hydrogen) atoms. The van der Waals surface area contributed by atoms with Gasteiger partial charge in [0.1, 0.15) is 0 Å². The molecule has 0 radical (unpaired) electrons. The van der Waals surface area contributed by atoms with E-state index in [4.69, 9.17) is 0 Å². The number of rotatable bonds is 5. The molecule has 0 atom stereocenters. The molecule has 5 nitrogen and oxygen atoms in total. The quantitative estimate of drug-likeness (QED) is 0.675. The lowest BCUT2D eigenvalue weighted by Gasteiger charge is -2.07. The lowest BCUT2D eigenvalue weighted by atomic mass is 10.0. The van der Waals surface area contributed by atoms with E-state index >= 15 is 0 Å². The summed E-state index contributed by atoms with van der Waals surface area (Å²) in [6.07, 6.45) is 2.92. The number of fused-ring (bicyclic) bond motifs is 1. The Balaban J connectivity index is 1.38. The van der Waals surface area contributed by atoms with Crippen LogP contribution in [0, 0.1) is 0 Å². The summed E-state index contributed by atoms with van der Waals surface area (Å²) in [7, 11) is 0. The zero-order valence-electron chi connectivity index (χ0n) is 13.3. The SMILES string of the molecule is O=C(Cc1cccc(C2CC2)c1)NCc1ccc2[nH]c(=O)[nH]c2c1. The van der Waals surface area contributed by atoms with Crippen molar-refractivity contribution in [2.45, 2.75) is 31.7 Å². The van der Waals surface area contributed by atoms with Gasteiger partial charge in [-0.3, -0.25) is 4.79 Å². The maximum absolute atomic E-state index is 12.2. The number of hydrogen-bond donors (Lipinski definition) is 3. The first-order valence-corrected chi connectivity index (χ1v) is 8.24. The number of hydrogen-bond acceptors (Lipinski definition) is 2. The number of H-pyrrole nitrogens is 2. The fraction of sp³-hybridized carbons (Fsp3) is 0.263. The molecule has 3 N–H and O–H groups in total. The van der Waals surface area contributed by atoms with Gasteiger partial charge in [0.15, 0.2) is 0 Å². The van der Waals surface area contributed by atoms with Gasteiger partial charge in [-0.1, -0.05) is 30.3 Å². The smallest absolute Gasteiger partial charge is 0.323 e. The summed E-state index contributed by atoms with van der Waals surface area (Å²) in [5.74, 6) is 0.703. The van der Waals surface area contributed by atoms with Crippen molar-refractivity contribution in [2.24, 2.45) is 0 Å². The summed E-state index contributed by atoms with van der Waals surface area (Å²) < 4.78 is 0. The second-order valence-corrected chi connectivity index (χ2v) is 6.43. The van der Waals surface area contributed by atoms with Crippen molar-refractivity contribution >= 4 is 16.9 Å². The van der Waals surface area contributed by atoms with Crippen molar-refractivity contribution < 1.29 is 4.79 Å². The number of nitrogens with one attached hydrogen (secondary N) is 3. The summed E-state index contributed by atoms with van der Waals surface area (Å²) in [5.41, 5.74) is 4.67. The van der Waals surface area contributed by atoms with Gasteiger partial charge in [-0.05, 0) is 47.6 Å². The summed E-state index contributed by atoms with van der Waals surface area (Å²) in [5, 5.41) is 2.94. The van der Waals surface area contributed by atoms with Crippen LogP contribution in [0.1, 0.15) is 35.4 Å². The van der Waals surface area contributed by atoms with E-state index in [1.165, 1.54) is 18.4 Å². The fourth-order valence-electron chi connectivity index (χ4n) is 3.01. The third-order valence-electron chi connectivity index (χ3n) is 4.43. The van der Waals surface area contributed by atoms with Crippen LogP contribution in [-0.2, 0) is 17.8 Å². The van der Waals surface area contributed by atoms with Gasteiger partial charge < -0.3 is 15.3 Å². The highest BCUT2D eigenvalue weighted by Crippen LogP contribution is 2.40. The molecule has 122 valence electrons. The molecule has 0 bridgehead atoms. The summed E-state index contributed by atoms with van der Waals surface area (Å²) in [4.78, 5) is 28.9. The van der Waals surface area contributed by atoms with Crippen molar-refractivity contribution in [3.05, 3.63) is 69.6 Å². The summed E-state index contributed by atoms with van der Waals surface area (Å²) in [6.45, 7) is 0.449. The highest BCUT2D eigenvalue weighted by molar-refractivity contribution is 5.79. The predicted molar refractivity (Wildman–Crippen MR) is 92.9 cm³/mol. The van der Waals surface area contributed by atoms with E-state index in [0.29, 0.717) is 18.9 Å². The first-order chi connectivity index (χ1) is 11.7. The lowest BCUT2D eigenvalue weighted by Crippen LogP contribution is -2.24. The van der Waals surface area contributed by atoms with Crippen molar-refractivity contribution in [2.75, 3.05) is 0 Å². The molecule has 1 amide bonds. The van der Waals surface area contributed by atoms with Crippen LogP contribution in [0.15, 0.2) is 47.3 Å². The van der Waals surface area contributed by atoms with E-state index in [2.05, 4.69) is 27.4 Å². The minimum atomic E-state index is -0.221. The Kier molecular flexibility index (Phi) is 3.69. The number of aromatic amines is 2. The molecule has 1 fully saturated rings. The molecule has 1 aliphatic rings. The minimum Gasteiger partial charge on any atom is -0.352 e. The molecule has 0 unspecified atom stereocenters. The van der Waals surface area contributed by atoms with Gasteiger partial charge in [-0.15, -0.1) is 0 Å². The van der Waals surface area contributed by atoms with E-state index < -0.39 is 0 Å². The average molecular weight is 321 g/mol. The third kappa shape index (κ3) is 3.25. The molecule has 0 spiro atoms. The molecule has 1 heterocycles. The van der Waals surface area contributed by atoms with Gasteiger partial charge in [-0.25, -0.2) is 4.79 Å². The van der Waals surface area contributed by atoms with Gasteiger partial charge in [0.25, 0.3) is 0 Å². The van der Waals surface area contributed by atoms with Gasteiger partial charge in [0, 0.05) is 6.54 Å². The van der Waals surface area contributed by atoms with Crippen LogP contribution >= 0.6 is 0 Å². The molecule has 1 saturated carbocycles. The van der Waals surface area contributed by atoms with Crippen LogP contribution in [0.4, 0.5) is 0 Å². The molecule has 1 aliphatic carbocycles.